The molecule has 3 unspecified atom stereocenters. The molecule has 0 bridgehead atoms. The lowest BCUT2D eigenvalue weighted by Crippen LogP contribution is -2.63. The Hall–Kier alpha value is -0.0400. The molecule has 0 N–H and O–H groups in total. The highest BCUT2D eigenvalue weighted by molar-refractivity contribution is 5.16. The van der Waals surface area contributed by atoms with Crippen molar-refractivity contribution in [3.05, 3.63) is 0 Å². The van der Waals surface area contributed by atoms with E-state index in [2.05, 4.69) is 20.8 Å². The fraction of sp³-hybridized carbons (Fsp3) is 1.00. The van der Waals surface area contributed by atoms with E-state index in [1.807, 2.05) is 0 Å². The molecule has 2 aliphatic carbocycles. The summed E-state index contributed by atoms with van der Waals surface area (Å²) in [6.07, 6.45) is 6.99. The molecule has 0 radical (unpaired) electrons. The number of ether oxygens (including phenoxy) is 1. The van der Waals surface area contributed by atoms with Crippen LogP contribution >= 0.6 is 0 Å². The van der Waals surface area contributed by atoms with Crippen LogP contribution in [0.3, 0.4) is 0 Å². The van der Waals surface area contributed by atoms with E-state index in [1.54, 1.807) is 0 Å². The lowest BCUT2D eigenvalue weighted by Gasteiger charge is -2.61. The summed E-state index contributed by atoms with van der Waals surface area (Å²) in [5.41, 5.74) is 1.41. The summed E-state index contributed by atoms with van der Waals surface area (Å²) >= 11 is 0. The van der Waals surface area contributed by atoms with Crippen molar-refractivity contribution in [2.45, 2.75) is 58.5 Å². The van der Waals surface area contributed by atoms with Gasteiger partial charge in [-0.3, -0.25) is 0 Å². The monoisotopic (exact) mass is 194 g/mol. The average molecular weight is 194 g/mol. The maximum atomic E-state index is 5.90. The summed E-state index contributed by atoms with van der Waals surface area (Å²) in [6.45, 7) is 8.36. The first kappa shape index (κ1) is 9.21. The highest BCUT2D eigenvalue weighted by atomic mass is 16.5. The summed E-state index contributed by atoms with van der Waals surface area (Å²) in [5, 5.41) is 0. The minimum atomic E-state index is 0.259. The molecule has 3 aliphatic rings. The van der Waals surface area contributed by atoms with Gasteiger partial charge in [0.15, 0.2) is 0 Å². The van der Waals surface area contributed by atoms with E-state index >= 15 is 0 Å². The van der Waals surface area contributed by atoms with E-state index in [0.717, 1.165) is 12.5 Å². The summed E-state index contributed by atoms with van der Waals surface area (Å²) in [4.78, 5) is 0. The van der Waals surface area contributed by atoms with Crippen molar-refractivity contribution in [2.24, 2.45) is 16.7 Å². The molecule has 2 saturated carbocycles. The van der Waals surface area contributed by atoms with Gasteiger partial charge in [-0.2, -0.15) is 0 Å². The van der Waals surface area contributed by atoms with Gasteiger partial charge in [0, 0.05) is 5.41 Å². The third-order valence-corrected chi connectivity index (χ3v) is 5.67. The highest BCUT2D eigenvalue weighted by Crippen LogP contribution is 2.68. The van der Waals surface area contributed by atoms with E-state index in [-0.39, 0.29) is 5.60 Å². The van der Waals surface area contributed by atoms with Crippen molar-refractivity contribution < 1.29 is 4.74 Å². The van der Waals surface area contributed by atoms with Gasteiger partial charge in [0.05, 0.1) is 12.2 Å². The first-order chi connectivity index (χ1) is 6.50. The van der Waals surface area contributed by atoms with Crippen LogP contribution in [-0.2, 0) is 4.74 Å². The molecule has 0 amide bonds. The molecule has 1 nitrogen and oxygen atoms in total. The zero-order valence-electron chi connectivity index (χ0n) is 9.73. The summed E-state index contributed by atoms with van der Waals surface area (Å²) in [5.74, 6) is 0.933. The highest BCUT2D eigenvalue weighted by Gasteiger charge is 2.68. The Balaban J connectivity index is 2.00. The summed E-state index contributed by atoms with van der Waals surface area (Å²) in [6, 6.07) is 0. The Morgan fingerprint density at radius 2 is 1.86 bits per heavy atom. The first-order valence-corrected chi connectivity index (χ1v) is 6.14. The largest absolute Gasteiger partial charge is 0.374 e. The van der Waals surface area contributed by atoms with Crippen molar-refractivity contribution in [3.63, 3.8) is 0 Å². The Morgan fingerprint density at radius 1 is 1.07 bits per heavy atom. The van der Waals surface area contributed by atoms with Crippen LogP contribution in [0.25, 0.3) is 0 Å². The molecule has 3 rings (SSSR count). The maximum absolute atomic E-state index is 5.90. The quantitative estimate of drug-likeness (QED) is 0.574. The fourth-order valence-corrected chi connectivity index (χ4v) is 4.67. The van der Waals surface area contributed by atoms with E-state index in [9.17, 15) is 0 Å². The molecule has 0 aromatic rings. The Labute approximate surface area is 87.2 Å². The van der Waals surface area contributed by atoms with Gasteiger partial charge in [-0.25, -0.2) is 0 Å². The van der Waals surface area contributed by atoms with Crippen LogP contribution in [0.2, 0.25) is 0 Å². The smallest absolute Gasteiger partial charge is 0.0735 e. The van der Waals surface area contributed by atoms with Crippen LogP contribution in [0.1, 0.15) is 52.9 Å². The predicted octanol–water partition coefficient (Wildman–Crippen LogP) is 3.38. The molecule has 1 spiro atoms. The predicted molar refractivity (Wildman–Crippen MR) is 57.1 cm³/mol. The number of hydrogen-bond donors (Lipinski definition) is 0. The Kier molecular flexibility index (Phi) is 1.56. The molecule has 0 aromatic carbocycles. The molecule has 1 saturated heterocycles. The summed E-state index contributed by atoms with van der Waals surface area (Å²) < 4.78 is 5.90. The molecule has 80 valence electrons. The molecule has 14 heavy (non-hydrogen) atoms. The zero-order chi connectivity index (χ0) is 10.0. The molecular formula is C13H22O. The van der Waals surface area contributed by atoms with Gasteiger partial charge in [0.25, 0.3) is 0 Å². The third kappa shape index (κ3) is 0.816. The van der Waals surface area contributed by atoms with Crippen LogP contribution in [0.15, 0.2) is 0 Å². The second-order valence-electron chi connectivity index (χ2n) is 6.61. The van der Waals surface area contributed by atoms with Gasteiger partial charge in [-0.15, -0.1) is 0 Å². The molecule has 1 heteroatoms. The number of rotatable bonds is 0. The third-order valence-electron chi connectivity index (χ3n) is 5.67. The molecule has 3 fully saturated rings. The van der Waals surface area contributed by atoms with Gasteiger partial charge < -0.3 is 4.74 Å². The van der Waals surface area contributed by atoms with Crippen molar-refractivity contribution in [1.29, 1.82) is 0 Å². The molecule has 0 aromatic heterocycles. The van der Waals surface area contributed by atoms with Crippen LogP contribution in [0, 0.1) is 16.7 Å². The lowest BCUT2D eigenvalue weighted by atomic mass is 9.52. The lowest BCUT2D eigenvalue weighted by molar-refractivity contribution is -0.276. The van der Waals surface area contributed by atoms with Crippen LogP contribution < -0.4 is 0 Å². The normalized spacial score (nSPS) is 54.6. The van der Waals surface area contributed by atoms with Gasteiger partial charge in [-0.1, -0.05) is 20.3 Å². The van der Waals surface area contributed by atoms with Gasteiger partial charge in [0.1, 0.15) is 0 Å². The van der Waals surface area contributed by atoms with Crippen molar-refractivity contribution >= 4 is 0 Å². The topological polar surface area (TPSA) is 9.23 Å². The maximum Gasteiger partial charge on any atom is 0.0735 e. The molecule has 1 heterocycles. The second-order valence-corrected chi connectivity index (χ2v) is 6.61. The van der Waals surface area contributed by atoms with Crippen molar-refractivity contribution in [3.8, 4) is 0 Å². The summed E-state index contributed by atoms with van der Waals surface area (Å²) in [7, 11) is 0. The average Bonchev–Trinajstić information content (AvgIpc) is 2.29. The standard InChI is InChI=1S/C13H22O/c1-11(2)6-4-7-13-9-14-12(13,3)8-5-10(11)13/h10H,4-9H2,1-3H3. The fourth-order valence-electron chi connectivity index (χ4n) is 4.67. The van der Waals surface area contributed by atoms with Crippen LogP contribution in [-0.4, -0.2) is 12.2 Å². The van der Waals surface area contributed by atoms with E-state index in [1.165, 1.54) is 32.1 Å². The second kappa shape index (κ2) is 2.37. The van der Waals surface area contributed by atoms with E-state index in [4.69, 9.17) is 4.74 Å². The molecule has 3 atom stereocenters. The Morgan fingerprint density at radius 3 is 2.43 bits per heavy atom. The minimum Gasteiger partial charge on any atom is -0.374 e. The van der Waals surface area contributed by atoms with E-state index in [0.29, 0.717) is 10.8 Å². The van der Waals surface area contributed by atoms with Crippen molar-refractivity contribution in [2.75, 3.05) is 6.61 Å². The Bertz CT molecular complexity index is 270. The first-order valence-electron chi connectivity index (χ1n) is 6.14. The van der Waals surface area contributed by atoms with E-state index < -0.39 is 0 Å². The molecular weight excluding hydrogens is 172 g/mol. The van der Waals surface area contributed by atoms with Gasteiger partial charge >= 0.3 is 0 Å². The van der Waals surface area contributed by atoms with Gasteiger partial charge in [-0.05, 0) is 43.9 Å². The molecule has 1 aliphatic heterocycles. The zero-order valence-corrected chi connectivity index (χ0v) is 9.73. The van der Waals surface area contributed by atoms with Crippen molar-refractivity contribution in [1.82, 2.24) is 0 Å². The number of hydrogen-bond acceptors (Lipinski definition) is 1. The SMILES string of the molecule is CC1(C)CCCC23COC2(C)CCC13. The van der Waals surface area contributed by atoms with Gasteiger partial charge in [0.2, 0.25) is 0 Å². The van der Waals surface area contributed by atoms with Crippen LogP contribution in [0.5, 0.6) is 0 Å². The van der Waals surface area contributed by atoms with Crippen LogP contribution in [0.4, 0.5) is 0 Å². The minimum absolute atomic E-state index is 0.259.